The van der Waals surface area contributed by atoms with Crippen molar-refractivity contribution >= 4 is 11.9 Å². The van der Waals surface area contributed by atoms with E-state index >= 15 is 0 Å². The molecule has 2 aromatic rings. The minimum Gasteiger partial charge on any atom is -0.479 e. The molecule has 0 saturated carbocycles. The molecule has 126 valence electrons. The molecular weight excluding hydrogens is 312 g/mol. The standard InChI is InChI=1S/C18H18O6/c1-11-7-3-5-9-13(11)17(23,15(19)20)18(24,16(21)22)14-10-6-4-8-12(14)2/h3-10,23-24H,1-2H3,(H,19,20)(H,21,22). The van der Waals surface area contributed by atoms with Crippen LogP contribution in [0.3, 0.4) is 0 Å². The van der Waals surface area contributed by atoms with Gasteiger partial charge in [0.1, 0.15) is 0 Å². The lowest BCUT2D eigenvalue weighted by molar-refractivity contribution is -0.213. The van der Waals surface area contributed by atoms with Crippen LogP contribution in [0, 0.1) is 13.8 Å². The Morgan fingerprint density at radius 2 is 1.00 bits per heavy atom. The van der Waals surface area contributed by atoms with E-state index in [1.54, 1.807) is 12.1 Å². The van der Waals surface area contributed by atoms with Gasteiger partial charge in [0.2, 0.25) is 11.2 Å². The number of carbonyl (C=O) groups is 2. The molecule has 24 heavy (non-hydrogen) atoms. The van der Waals surface area contributed by atoms with Crippen LogP contribution in [-0.4, -0.2) is 32.4 Å². The Morgan fingerprint density at radius 1 is 0.708 bits per heavy atom. The number of aliphatic carboxylic acids is 2. The van der Waals surface area contributed by atoms with Crippen molar-refractivity contribution in [2.75, 3.05) is 0 Å². The zero-order chi connectivity index (χ0) is 18.1. The number of aliphatic hydroxyl groups is 2. The van der Waals surface area contributed by atoms with Gasteiger partial charge < -0.3 is 20.4 Å². The minimum absolute atomic E-state index is 0.189. The Bertz CT molecular complexity index is 732. The molecule has 0 radical (unpaired) electrons. The number of benzene rings is 2. The molecule has 2 aromatic carbocycles. The number of aryl methyl sites for hydroxylation is 2. The van der Waals surface area contributed by atoms with Crippen LogP contribution in [0.2, 0.25) is 0 Å². The zero-order valence-electron chi connectivity index (χ0n) is 13.2. The summed E-state index contributed by atoms with van der Waals surface area (Å²) in [6.07, 6.45) is 0. The van der Waals surface area contributed by atoms with Crippen molar-refractivity contribution in [1.82, 2.24) is 0 Å². The van der Waals surface area contributed by atoms with Gasteiger partial charge in [-0.15, -0.1) is 0 Å². The van der Waals surface area contributed by atoms with Crippen molar-refractivity contribution in [3.63, 3.8) is 0 Å². The molecule has 0 aliphatic rings. The molecule has 0 bridgehead atoms. The van der Waals surface area contributed by atoms with E-state index in [9.17, 15) is 30.0 Å². The van der Waals surface area contributed by atoms with E-state index in [1.807, 2.05) is 0 Å². The summed E-state index contributed by atoms with van der Waals surface area (Å²) in [5.41, 5.74) is -5.84. The predicted octanol–water partition coefficient (Wildman–Crippen LogP) is 1.55. The molecular formula is C18H18O6. The van der Waals surface area contributed by atoms with Gasteiger partial charge in [0.25, 0.3) is 0 Å². The second-order valence-electron chi connectivity index (χ2n) is 5.66. The van der Waals surface area contributed by atoms with E-state index in [2.05, 4.69) is 0 Å². The van der Waals surface area contributed by atoms with E-state index in [0.717, 1.165) is 0 Å². The first-order chi connectivity index (χ1) is 11.2. The van der Waals surface area contributed by atoms with E-state index in [1.165, 1.54) is 50.2 Å². The Hall–Kier alpha value is -2.70. The molecule has 0 fully saturated rings. The van der Waals surface area contributed by atoms with Gasteiger partial charge in [-0.1, -0.05) is 48.5 Å². The molecule has 0 spiro atoms. The number of carboxylic acid groups (broad SMARTS) is 2. The highest BCUT2D eigenvalue weighted by atomic mass is 16.5. The molecule has 0 heterocycles. The summed E-state index contributed by atoms with van der Waals surface area (Å²) in [7, 11) is 0. The van der Waals surface area contributed by atoms with Crippen LogP contribution in [0.1, 0.15) is 22.3 Å². The van der Waals surface area contributed by atoms with Gasteiger partial charge >= 0.3 is 11.9 Å². The van der Waals surface area contributed by atoms with Crippen molar-refractivity contribution in [2.45, 2.75) is 25.0 Å². The third kappa shape index (κ3) is 2.36. The van der Waals surface area contributed by atoms with Crippen molar-refractivity contribution in [1.29, 1.82) is 0 Å². The van der Waals surface area contributed by atoms with Gasteiger partial charge in [-0.3, -0.25) is 0 Å². The molecule has 0 aliphatic heterocycles. The maximum atomic E-state index is 11.9. The normalized spacial score (nSPS) is 16.0. The van der Waals surface area contributed by atoms with Crippen LogP contribution in [0.15, 0.2) is 48.5 Å². The summed E-state index contributed by atoms with van der Waals surface area (Å²) in [5.74, 6) is -3.71. The second kappa shape index (κ2) is 6.07. The van der Waals surface area contributed by atoms with Gasteiger partial charge in [0.15, 0.2) is 0 Å². The molecule has 0 aromatic heterocycles. The van der Waals surface area contributed by atoms with E-state index in [0.29, 0.717) is 11.1 Å². The average molecular weight is 330 g/mol. The first-order valence-electron chi connectivity index (χ1n) is 7.21. The Labute approximate surface area is 138 Å². The first kappa shape index (κ1) is 17.7. The van der Waals surface area contributed by atoms with E-state index in [-0.39, 0.29) is 11.1 Å². The molecule has 6 nitrogen and oxygen atoms in total. The summed E-state index contributed by atoms with van der Waals surface area (Å²) in [5, 5.41) is 41.3. The average Bonchev–Trinajstić information content (AvgIpc) is 2.53. The first-order valence-corrected chi connectivity index (χ1v) is 7.21. The largest absolute Gasteiger partial charge is 0.479 e. The number of hydrogen-bond acceptors (Lipinski definition) is 4. The molecule has 2 unspecified atom stereocenters. The highest BCUT2D eigenvalue weighted by Gasteiger charge is 2.63. The van der Waals surface area contributed by atoms with Crippen LogP contribution in [0.4, 0.5) is 0 Å². The molecule has 2 rings (SSSR count). The summed E-state index contributed by atoms with van der Waals surface area (Å²) in [4.78, 5) is 23.9. The number of rotatable bonds is 5. The lowest BCUT2D eigenvalue weighted by Crippen LogP contribution is -2.59. The van der Waals surface area contributed by atoms with E-state index < -0.39 is 23.1 Å². The second-order valence-corrected chi connectivity index (χ2v) is 5.66. The Morgan fingerprint density at radius 3 is 1.25 bits per heavy atom. The highest BCUT2D eigenvalue weighted by molar-refractivity contribution is 5.93. The number of hydrogen-bond donors (Lipinski definition) is 4. The molecule has 0 aliphatic carbocycles. The molecule has 0 saturated heterocycles. The third-order valence-electron chi connectivity index (χ3n) is 4.21. The Balaban J connectivity index is 2.90. The summed E-state index contributed by atoms with van der Waals surface area (Å²) in [6.45, 7) is 3.06. The fourth-order valence-electron chi connectivity index (χ4n) is 2.89. The quantitative estimate of drug-likeness (QED) is 0.661. The fraction of sp³-hybridized carbons (Fsp3) is 0.222. The third-order valence-corrected chi connectivity index (χ3v) is 4.21. The summed E-state index contributed by atoms with van der Waals surface area (Å²) in [6, 6.07) is 11.8. The molecule has 6 heteroatoms. The van der Waals surface area contributed by atoms with Crippen LogP contribution in [-0.2, 0) is 20.8 Å². The zero-order valence-corrected chi connectivity index (χ0v) is 13.2. The van der Waals surface area contributed by atoms with Gasteiger partial charge in [-0.2, -0.15) is 0 Å². The van der Waals surface area contributed by atoms with Crippen LogP contribution in [0.25, 0.3) is 0 Å². The maximum Gasteiger partial charge on any atom is 0.344 e. The van der Waals surface area contributed by atoms with Crippen LogP contribution < -0.4 is 0 Å². The van der Waals surface area contributed by atoms with Gasteiger partial charge in [0.05, 0.1) is 0 Å². The lowest BCUT2D eigenvalue weighted by atomic mass is 9.71. The fourth-order valence-corrected chi connectivity index (χ4v) is 2.89. The maximum absolute atomic E-state index is 11.9. The van der Waals surface area contributed by atoms with Gasteiger partial charge in [0, 0.05) is 11.1 Å². The molecule has 4 N–H and O–H groups in total. The predicted molar refractivity (Wildman–Crippen MR) is 85.4 cm³/mol. The monoisotopic (exact) mass is 330 g/mol. The van der Waals surface area contributed by atoms with E-state index in [4.69, 9.17) is 0 Å². The lowest BCUT2D eigenvalue weighted by Gasteiger charge is -2.39. The van der Waals surface area contributed by atoms with Crippen molar-refractivity contribution in [2.24, 2.45) is 0 Å². The highest BCUT2D eigenvalue weighted by Crippen LogP contribution is 2.43. The Kier molecular flexibility index (Phi) is 4.46. The smallest absolute Gasteiger partial charge is 0.344 e. The van der Waals surface area contributed by atoms with Crippen LogP contribution >= 0.6 is 0 Å². The van der Waals surface area contributed by atoms with Crippen LogP contribution in [0.5, 0.6) is 0 Å². The van der Waals surface area contributed by atoms with Crippen molar-refractivity contribution < 1.29 is 30.0 Å². The van der Waals surface area contributed by atoms with Crippen molar-refractivity contribution in [3.8, 4) is 0 Å². The SMILES string of the molecule is Cc1ccccc1C(O)(C(=O)O)C(O)(C(=O)O)c1ccccc1C. The number of carboxylic acids is 2. The van der Waals surface area contributed by atoms with Gasteiger partial charge in [-0.25, -0.2) is 9.59 Å². The van der Waals surface area contributed by atoms with Crippen molar-refractivity contribution in [3.05, 3.63) is 70.8 Å². The summed E-state index contributed by atoms with van der Waals surface area (Å²) < 4.78 is 0. The summed E-state index contributed by atoms with van der Waals surface area (Å²) >= 11 is 0. The van der Waals surface area contributed by atoms with Gasteiger partial charge in [-0.05, 0) is 25.0 Å². The minimum atomic E-state index is -3.07. The molecule has 0 amide bonds. The molecule has 2 atom stereocenters. The topological polar surface area (TPSA) is 115 Å².